The summed E-state index contributed by atoms with van der Waals surface area (Å²) in [6.45, 7) is 2.22. The van der Waals surface area contributed by atoms with Crippen LogP contribution in [0.15, 0.2) is 58.6 Å². The number of thioether (sulfide) groups is 2. The lowest BCUT2D eigenvalue weighted by atomic mass is 10.1. The molecular formula is C23H26N4OS2. The Bertz CT molecular complexity index is 981. The van der Waals surface area contributed by atoms with Crippen LogP contribution in [0, 0.1) is 0 Å². The Balaban J connectivity index is 1.61. The summed E-state index contributed by atoms with van der Waals surface area (Å²) in [5.74, 6) is 1.52. The monoisotopic (exact) mass is 438 g/mol. The smallest absolute Gasteiger partial charge is 0.247 e. The Kier molecular flexibility index (Phi) is 7.12. The van der Waals surface area contributed by atoms with Gasteiger partial charge in [0.2, 0.25) is 11.0 Å². The molecule has 1 atom stereocenters. The van der Waals surface area contributed by atoms with E-state index in [9.17, 15) is 0 Å². The molecule has 30 heavy (non-hydrogen) atoms. The van der Waals surface area contributed by atoms with Crippen LogP contribution >= 0.6 is 23.5 Å². The standard InChI is InChI=1S/C23H26N4OS2/c1-3-4-5-8-15-30-23-25-22-20(26-27-23)18-9-6-7-10-19(18)24-21(28-22)16-11-13-17(29-2)14-12-16/h6-7,9-14,21,24H,3-5,8,15H2,1-2H3/t21-/m0/s1. The van der Waals surface area contributed by atoms with Crippen molar-refractivity contribution in [2.24, 2.45) is 0 Å². The molecule has 0 radical (unpaired) electrons. The average molecular weight is 439 g/mol. The zero-order valence-corrected chi connectivity index (χ0v) is 18.9. The van der Waals surface area contributed by atoms with E-state index in [1.165, 1.54) is 24.2 Å². The van der Waals surface area contributed by atoms with E-state index in [1.807, 2.05) is 24.3 Å². The van der Waals surface area contributed by atoms with Crippen molar-refractivity contribution in [2.45, 2.75) is 48.9 Å². The zero-order valence-electron chi connectivity index (χ0n) is 17.3. The van der Waals surface area contributed by atoms with Crippen molar-refractivity contribution >= 4 is 29.2 Å². The van der Waals surface area contributed by atoms with Crippen LogP contribution in [0.2, 0.25) is 0 Å². The molecule has 1 N–H and O–H groups in total. The van der Waals surface area contributed by atoms with Gasteiger partial charge < -0.3 is 10.1 Å². The third-order valence-corrected chi connectivity index (χ3v) is 6.65. The fraction of sp³-hybridized carbons (Fsp3) is 0.348. The molecule has 0 spiro atoms. The van der Waals surface area contributed by atoms with Gasteiger partial charge in [0.15, 0.2) is 11.9 Å². The zero-order chi connectivity index (χ0) is 20.8. The highest BCUT2D eigenvalue weighted by molar-refractivity contribution is 7.99. The van der Waals surface area contributed by atoms with Crippen molar-refractivity contribution < 1.29 is 4.74 Å². The van der Waals surface area contributed by atoms with Gasteiger partial charge in [0, 0.05) is 27.5 Å². The van der Waals surface area contributed by atoms with Crippen LogP contribution < -0.4 is 10.1 Å². The van der Waals surface area contributed by atoms with Crippen LogP contribution in [0.4, 0.5) is 5.69 Å². The van der Waals surface area contributed by atoms with Gasteiger partial charge in [0.05, 0.1) is 0 Å². The number of anilines is 1. The van der Waals surface area contributed by atoms with Gasteiger partial charge in [-0.25, -0.2) is 0 Å². The summed E-state index contributed by atoms with van der Waals surface area (Å²) < 4.78 is 6.34. The molecule has 2 aromatic carbocycles. The second-order valence-electron chi connectivity index (χ2n) is 7.12. The summed E-state index contributed by atoms with van der Waals surface area (Å²) in [6.07, 6.45) is 6.64. The van der Waals surface area contributed by atoms with Crippen molar-refractivity contribution in [1.82, 2.24) is 15.2 Å². The molecule has 7 heteroatoms. The SMILES string of the molecule is CCCCCCSc1nnc2c(n1)O[C@@H](c1ccc(SC)cc1)Nc1ccccc1-2. The van der Waals surface area contributed by atoms with Gasteiger partial charge in [0.1, 0.15) is 0 Å². The van der Waals surface area contributed by atoms with Crippen molar-refractivity contribution in [1.29, 1.82) is 0 Å². The lowest BCUT2D eigenvalue weighted by molar-refractivity contribution is 0.225. The minimum Gasteiger partial charge on any atom is -0.448 e. The normalized spacial score (nSPS) is 14.8. The lowest BCUT2D eigenvalue weighted by Gasteiger charge is -2.19. The number of ether oxygens (including phenoxy) is 1. The molecule has 0 unspecified atom stereocenters. The van der Waals surface area contributed by atoms with Crippen molar-refractivity contribution in [3.63, 3.8) is 0 Å². The van der Waals surface area contributed by atoms with E-state index in [2.05, 4.69) is 53.0 Å². The molecule has 0 fully saturated rings. The molecule has 5 nitrogen and oxygen atoms in total. The molecular weight excluding hydrogens is 412 g/mol. The van der Waals surface area contributed by atoms with E-state index in [1.54, 1.807) is 23.5 Å². The number of para-hydroxylation sites is 1. The van der Waals surface area contributed by atoms with Crippen molar-refractivity contribution in [3.8, 4) is 17.1 Å². The summed E-state index contributed by atoms with van der Waals surface area (Å²) in [7, 11) is 0. The number of nitrogens with one attached hydrogen (secondary N) is 1. The number of rotatable bonds is 8. The number of nitrogens with zero attached hydrogens (tertiary/aromatic N) is 3. The van der Waals surface area contributed by atoms with E-state index in [0.717, 1.165) is 29.0 Å². The van der Waals surface area contributed by atoms with Crippen LogP contribution in [0.1, 0.15) is 44.4 Å². The van der Waals surface area contributed by atoms with Gasteiger partial charge in [-0.05, 0) is 30.9 Å². The molecule has 0 saturated carbocycles. The van der Waals surface area contributed by atoms with Crippen LogP contribution in [0.3, 0.4) is 0 Å². The van der Waals surface area contributed by atoms with Gasteiger partial charge in [-0.3, -0.25) is 0 Å². The molecule has 3 aromatic rings. The Morgan fingerprint density at radius 1 is 1.00 bits per heavy atom. The topological polar surface area (TPSA) is 59.9 Å². The summed E-state index contributed by atoms with van der Waals surface area (Å²) in [6, 6.07) is 16.5. The van der Waals surface area contributed by atoms with Crippen LogP contribution in [-0.2, 0) is 0 Å². The van der Waals surface area contributed by atoms with Gasteiger partial charge in [-0.1, -0.05) is 68.3 Å². The quantitative estimate of drug-likeness (QED) is 0.321. The molecule has 0 saturated heterocycles. The number of aromatic nitrogens is 3. The Labute approximate surface area is 186 Å². The summed E-state index contributed by atoms with van der Waals surface area (Å²) >= 11 is 3.37. The Morgan fingerprint density at radius 2 is 1.83 bits per heavy atom. The number of hydrogen-bond acceptors (Lipinski definition) is 7. The fourth-order valence-corrected chi connectivity index (χ4v) is 4.52. The number of fused-ring (bicyclic) bond motifs is 3. The van der Waals surface area contributed by atoms with E-state index in [0.29, 0.717) is 16.7 Å². The highest BCUT2D eigenvalue weighted by Crippen LogP contribution is 2.39. The van der Waals surface area contributed by atoms with Gasteiger partial charge in [-0.2, -0.15) is 4.98 Å². The molecule has 0 aliphatic carbocycles. The molecule has 2 heterocycles. The van der Waals surface area contributed by atoms with Crippen LogP contribution in [0.25, 0.3) is 11.3 Å². The number of benzene rings is 2. The fourth-order valence-electron chi connectivity index (χ4n) is 3.33. The molecule has 0 amide bonds. The third-order valence-electron chi connectivity index (χ3n) is 4.98. The van der Waals surface area contributed by atoms with Gasteiger partial charge in [-0.15, -0.1) is 22.0 Å². The molecule has 1 aromatic heterocycles. The highest BCUT2D eigenvalue weighted by Gasteiger charge is 2.25. The maximum Gasteiger partial charge on any atom is 0.247 e. The average Bonchev–Trinajstić information content (AvgIpc) is 2.95. The molecule has 1 aliphatic heterocycles. The van der Waals surface area contributed by atoms with E-state index < -0.39 is 0 Å². The minimum absolute atomic E-state index is 0.345. The van der Waals surface area contributed by atoms with Crippen LogP contribution in [-0.4, -0.2) is 27.2 Å². The van der Waals surface area contributed by atoms with E-state index in [-0.39, 0.29) is 6.23 Å². The Hall–Kier alpha value is -2.25. The number of unbranched alkanes of at least 4 members (excludes halogenated alkanes) is 3. The van der Waals surface area contributed by atoms with Crippen molar-refractivity contribution in [3.05, 3.63) is 54.1 Å². The van der Waals surface area contributed by atoms with Gasteiger partial charge in [0.25, 0.3) is 0 Å². The first-order valence-corrected chi connectivity index (χ1v) is 12.5. The first kappa shape index (κ1) is 21.0. The molecule has 156 valence electrons. The largest absolute Gasteiger partial charge is 0.448 e. The maximum atomic E-state index is 6.34. The first-order chi connectivity index (χ1) is 14.8. The van der Waals surface area contributed by atoms with Crippen LogP contribution in [0.5, 0.6) is 5.88 Å². The summed E-state index contributed by atoms with van der Waals surface area (Å²) in [5.41, 5.74) is 3.64. The third kappa shape index (κ3) is 4.90. The maximum absolute atomic E-state index is 6.34. The number of hydrogen-bond donors (Lipinski definition) is 1. The summed E-state index contributed by atoms with van der Waals surface area (Å²) in [4.78, 5) is 5.94. The van der Waals surface area contributed by atoms with E-state index >= 15 is 0 Å². The van der Waals surface area contributed by atoms with Gasteiger partial charge >= 0.3 is 0 Å². The Morgan fingerprint density at radius 3 is 2.63 bits per heavy atom. The van der Waals surface area contributed by atoms with E-state index in [4.69, 9.17) is 9.72 Å². The molecule has 0 bridgehead atoms. The predicted molar refractivity (Wildman–Crippen MR) is 125 cm³/mol. The second kappa shape index (κ2) is 10.2. The molecule has 4 rings (SSSR count). The lowest BCUT2D eigenvalue weighted by Crippen LogP contribution is -2.17. The predicted octanol–water partition coefficient (Wildman–Crippen LogP) is 6.44. The first-order valence-electron chi connectivity index (χ1n) is 10.3. The summed E-state index contributed by atoms with van der Waals surface area (Å²) in [5, 5.41) is 13.0. The van der Waals surface area contributed by atoms with Crippen molar-refractivity contribution in [2.75, 3.05) is 17.3 Å². The highest BCUT2D eigenvalue weighted by atomic mass is 32.2. The molecule has 1 aliphatic rings. The second-order valence-corrected chi connectivity index (χ2v) is 9.06. The minimum atomic E-state index is -0.345.